The maximum atomic E-state index is 5.67. The van der Waals surface area contributed by atoms with Crippen LogP contribution in [-0.2, 0) is 5.54 Å². The average Bonchev–Trinajstić information content (AvgIpc) is 3.13. The van der Waals surface area contributed by atoms with Crippen molar-refractivity contribution in [3.8, 4) is 5.75 Å². The third kappa shape index (κ3) is 3.73. The number of hydrogen-bond acceptors (Lipinski definition) is 6. The van der Waals surface area contributed by atoms with Crippen molar-refractivity contribution in [1.82, 2.24) is 30.0 Å². The molecule has 0 radical (unpaired) electrons. The van der Waals surface area contributed by atoms with Crippen molar-refractivity contribution in [3.05, 3.63) is 35.7 Å². The molecule has 142 valence electrons. The SMILES string of the molecule is CCN1CCN([C@@H](c2ccccc2OC)c2nnnn2C(C)(C)C)CC1. The Morgan fingerprint density at radius 1 is 1.12 bits per heavy atom. The smallest absolute Gasteiger partial charge is 0.173 e. The van der Waals surface area contributed by atoms with Gasteiger partial charge in [0, 0.05) is 31.7 Å². The van der Waals surface area contributed by atoms with Gasteiger partial charge in [-0.2, -0.15) is 0 Å². The van der Waals surface area contributed by atoms with Crippen molar-refractivity contribution in [1.29, 1.82) is 0 Å². The quantitative estimate of drug-likeness (QED) is 0.816. The number of tetrazole rings is 1. The van der Waals surface area contributed by atoms with Gasteiger partial charge in [-0.1, -0.05) is 25.1 Å². The van der Waals surface area contributed by atoms with Crippen LogP contribution in [-0.4, -0.2) is 69.8 Å². The van der Waals surface area contributed by atoms with E-state index in [2.05, 4.69) is 65.2 Å². The molecule has 1 aromatic heterocycles. The van der Waals surface area contributed by atoms with E-state index in [4.69, 9.17) is 4.74 Å². The van der Waals surface area contributed by atoms with Gasteiger partial charge in [0.05, 0.1) is 12.6 Å². The van der Waals surface area contributed by atoms with Crippen LogP contribution in [0.5, 0.6) is 5.75 Å². The average molecular weight is 358 g/mol. The standard InChI is InChI=1S/C19H30N6O/c1-6-23-11-13-24(14-12-23)17(15-9-7-8-10-16(15)26-5)18-20-21-22-25(18)19(2,3)4/h7-10,17H,6,11-14H2,1-5H3/t17-/m0/s1. The van der Waals surface area contributed by atoms with E-state index >= 15 is 0 Å². The first-order valence-corrected chi connectivity index (χ1v) is 9.33. The van der Waals surface area contributed by atoms with Crippen LogP contribution in [0.3, 0.4) is 0 Å². The number of hydrogen-bond donors (Lipinski definition) is 0. The maximum absolute atomic E-state index is 5.67. The molecule has 26 heavy (non-hydrogen) atoms. The van der Waals surface area contributed by atoms with E-state index in [1.807, 2.05) is 16.8 Å². The Hall–Kier alpha value is -1.99. The molecule has 0 amide bonds. The molecule has 1 aliphatic heterocycles. The van der Waals surface area contributed by atoms with Gasteiger partial charge in [-0.25, -0.2) is 4.68 Å². The van der Waals surface area contributed by atoms with E-state index in [0.717, 1.165) is 49.9 Å². The van der Waals surface area contributed by atoms with Crippen LogP contribution in [0.1, 0.15) is 45.1 Å². The van der Waals surface area contributed by atoms with E-state index in [0.29, 0.717) is 0 Å². The van der Waals surface area contributed by atoms with Gasteiger partial charge in [-0.3, -0.25) is 4.90 Å². The zero-order chi connectivity index (χ0) is 18.7. The maximum Gasteiger partial charge on any atom is 0.173 e. The number of rotatable bonds is 5. The number of benzene rings is 1. The molecule has 1 saturated heterocycles. The van der Waals surface area contributed by atoms with Gasteiger partial charge in [-0.05, 0) is 43.8 Å². The van der Waals surface area contributed by atoms with Crippen LogP contribution in [0.4, 0.5) is 0 Å². The van der Waals surface area contributed by atoms with Crippen LogP contribution >= 0.6 is 0 Å². The summed E-state index contributed by atoms with van der Waals surface area (Å²) in [6.07, 6.45) is 0. The Bertz CT molecular complexity index is 715. The molecular formula is C19H30N6O. The summed E-state index contributed by atoms with van der Waals surface area (Å²) in [5.74, 6) is 1.74. The Morgan fingerprint density at radius 3 is 2.42 bits per heavy atom. The van der Waals surface area contributed by atoms with Crippen molar-refractivity contribution in [2.45, 2.75) is 39.3 Å². The molecule has 0 saturated carbocycles. The molecule has 0 unspecified atom stereocenters. The summed E-state index contributed by atoms with van der Waals surface area (Å²) in [6, 6.07) is 8.16. The minimum atomic E-state index is -0.190. The van der Waals surface area contributed by atoms with E-state index in [1.165, 1.54) is 0 Å². The van der Waals surface area contributed by atoms with Crippen LogP contribution < -0.4 is 4.74 Å². The summed E-state index contributed by atoms with van der Waals surface area (Å²) >= 11 is 0. The molecular weight excluding hydrogens is 328 g/mol. The Labute approximate surface area is 155 Å². The van der Waals surface area contributed by atoms with Gasteiger partial charge < -0.3 is 9.64 Å². The molecule has 2 heterocycles. The number of piperazine rings is 1. The largest absolute Gasteiger partial charge is 0.496 e. The third-order valence-electron chi connectivity index (χ3n) is 5.03. The minimum absolute atomic E-state index is 0.0284. The van der Waals surface area contributed by atoms with Gasteiger partial charge in [-0.15, -0.1) is 5.10 Å². The van der Waals surface area contributed by atoms with E-state index in [1.54, 1.807) is 7.11 Å². The highest BCUT2D eigenvalue weighted by molar-refractivity contribution is 5.39. The first-order chi connectivity index (χ1) is 12.5. The first-order valence-electron chi connectivity index (χ1n) is 9.33. The molecule has 1 fully saturated rings. The highest BCUT2D eigenvalue weighted by Gasteiger charge is 2.34. The first kappa shape index (κ1) is 18.8. The molecule has 1 atom stereocenters. The Kier molecular flexibility index (Phi) is 5.58. The minimum Gasteiger partial charge on any atom is -0.496 e. The van der Waals surface area contributed by atoms with Crippen molar-refractivity contribution in [2.75, 3.05) is 39.8 Å². The number of para-hydroxylation sites is 1. The second-order valence-electron chi connectivity index (χ2n) is 7.73. The molecule has 3 rings (SSSR count). The fourth-order valence-corrected chi connectivity index (χ4v) is 3.57. The second kappa shape index (κ2) is 7.72. The summed E-state index contributed by atoms with van der Waals surface area (Å²) in [5.41, 5.74) is 0.921. The lowest BCUT2D eigenvalue weighted by Gasteiger charge is -2.39. The van der Waals surface area contributed by atoms with Crippen LogP contribution in [0, 0.1) is 0 Å². The fourth-order valence-electron chi connectivity index (χ4n) is 3.57. The fraction of sp³-hybridized carbons (Fsp3) is 0.632. The summed E-state index contributed by atoms with van der Waals surface area (Å²) in [6.45, 7) is 13.8. The van der Waals surface area contributed by atoms with Gasteiger partial charge in [0.1, 0.15) is 11.8 Å². The highest BCUT2D eigenvalue weighted by Crippen LogP contribution is 2.35. The molecule has 0 spiro atoms. The molecule has 0 N–H and O–H groups in total. The topological polar surface area (TPSA) is 59.3 Å². The van der Waals surface area contributed by atoms with E-state index in [-0.39, 0.29) is 11.6 Å². The van der Waals surface area contributed by atoms with Crippen molar-refractivity contribution in [3.63, 3.8) is 0 Å². The third-order valence-corrected chi connectivity index (χ3v) is 5.03. The Balaban J connectivity index is 2.05. The molecule has 7 nitrogen and oxygen atoms in total. The van der Waals surface area contributed by atoms with Gasteiger partial charge >= 0.3 is 0 Å². The van der Waals surface area contributed by atoms with Gasteiger partial charge in [0.2, 0.25) is 0 Å². The Morgan fingerprint density at radius 2 is 1.81 bits per heavy atom. The number of ether oxygens (including phenoxy) is 1. The number of aromatic nitrogens is 4. The molecule has 0 aliphatic carbocycles. The zero-order valence-corrected chi connectivity index (χ0v) is 16.5. The predicted molar refractivity (Wildman–Crippen MR) is 101 cm³/mol. The van der Waals surface area contributed by atoms with Gasteiger partial charge in [0.25, 0.3) is 0 Å². The van der Waals surface area contributed by atoms with E-state index in [9.17, 15) is 0 Å². The van der Waals surface area contributed by atoms with E-state index < -0.39 is 0 Å². The summed E-state index contributed by atoms with van der Waals surface area (Å²) < 4.78 is 7.61. The van der Waals surface area contributed by atoms with Crippen molar-refractivity contribution < 1.29 is 4.74 Å². The lowest BCUT2D eigenvalue weighted by molar-refractivity contribution is 0.105. The highest BCUT2D eigenvalue weighted by atomic mass is 16.5. The molecule has 0 bridgehead atoms. The zero-order valence-electron chi connectivity index (χ0n) is 16.5. The van der Waals surface area contributed by atoms with Crippen molar-refractivity contribution >= 4 is 0 Å². The number of methoxy groups -OCH3 is 1. The summed E-state index contributed by atoms with van der Waals surface area (Å²) in [5, 5.41) is 12.7. The van der Waals surface area contributed by atoms with Crippen LogP contribution in [0.25, 0.3) is 0 Å². The van der Waals surface area contributed by atoms with Crippen LogP contribution in [0.2, 0.25) is 0 Å². The molecule has 2 aromatic rings. The van der Waals surface area contributed by atoms with Gasteiger partial charge in [0.15, 0.2) is 5.82 Å². The van der Waals surface area contributed by atoms with Crippen molar-refractivity contribution in [2.24, 2.45) is 0 Å². The lowest BCUT2D eigenvalue weighted by atomic mass is 10.0. The van der Waals surface area contributed by atoms with Crippen LogP contribution in [0.15, 0.2) is 24.3 Å². The lowest BCUT2D eigenvalue weighted by Crippen LogP contribution is -2.48. The summed E-state index contributed by atoms with van der Waals surface area (Å²) in [4.78, 5) is 4.94. The predicted octanol–water partition coefficient (Wildman–Crippen LogP) is 2.16. The summed E-state index contributed by atoms with van der Waals surface area (Å²) in [7, 11) is 1.72. The molecule has 7 heteroatoms. The number of likely N-dealkylation sites (N-methyl/N-ethyl adjacent to an activating group) is 1. The molecule has 1 aromatic carbocycles. The number of nitrogens with zero attached hydrogens (tertiary/aromatic N) is 6. The normalized spacial score (nSPS) is 18.0. The molecule has 1 aliphatic rings. The second-order valence-corrected chi connectivity index (χ2v) is 7.73. The monoisotopic (exact) mass is 358 g/mol.